The van der Waals surface area contributed by atoms with E-state index in [1.807, 2.05) is 60.7 Å². The number of hydrogen-bond donors (Lipinski definition) is 0. The van der Waals surface area contributed by atoms with E-state index < -0.39 is 24.6 Å². The van der Waals surface area contributed by atoms with Crippen LogP contribution in [0.4, 0.5) is 0 Å². The number of benzene rings is 2. The van der Waals surface area contributed by atoms with Crippen molar-refractivity contribution in [1.29, 1.82) is 0 Å². The van der Waals surface area contributed by atoms with Crippen molar-refractivity contribution in [3.8, 4) is 0 Å². The predicted octanol–water partition coefficient (Wildman–Crippen LogP) is 2.73. The van der Waals surface area contributed by atoms with Crippen molar-refractivity contribution in [3.63, 3.8) is 0 Å². The van der Waals surface area contributed by atoms with Crippen LogP contribution in [0.3, 0.4) is 0 Å². The summed E-state index contributed by atoms with van der Waals surface area (Å²) in [6, 6.07) is 19.6. The lowest BCUT2D eigenvalue weighted by Crippen LogP contribution is -2.38. The molecule has 1 aliphatic heterocycles. The first-order valence-electron chi connectivity index (χ1n) is 8.26. The van der Waals surface area contributed by atoms with E-state index >= 15 is 0 Å². The molecule has 0 bridgehead atoms. The lowest BCUT2D eigenvalue weighted by atomic mass is 10.1. The minimum absolute atomic E-state index is 0.376. The van der Waals surface area contributed by atoms with Crippen LogP contribution in [0.15, 0.2) is 60.7 Å². The van der Waals surface area contributed by atoms with Gasteiger partial charge < -0.3 is 23.7 Å². The fraction of sp³-hybridized carbons (Fsp3) is 0.350. The second-order valence-electron chi connectivity index (χ2n) is 5.86. The van der Waals surface area contributed by atoms with E-state index in [-0.39, 0.29) is 0 Å². The average molecular weight is 342 g/mol. The van der Waals surface area contributed by atoms with Gasteiger partial charge in [0.05, 0.1) is 13.2 Å². The Hall–Kier alpha value is -2.05. The van der Waals surface area contributed by atoms with Gasteiger partial charge in [0.15, 0.2) is 12.6 Å². The van der Waals surface area contributed by atoms with Crippen LogP contribution in [0.5, 0.6) is 0 Å². The van der Waals surface area contributed by atoms with Gasteiger partial charge >= 0.3 is 0 Å². The molecule has 1 aliphatic rings. The van der Waals surface area contributed by atoms with E-state index in [9.17, 15) is 4.79 Å². The molecular formula is C20H22O5. The number of hydrogen-bond acceptors (Lipinski definition) is 5. The molecule has 0 radical (unpaired) electrons. The molecule has 1 heterocycles. The second-order valence-corrected chi connectivity index (χ2v) is 5.86. The third-order valence-electron chi connectivity index (χ3n) is 4.14. The number of ether oxygens (including phenoxy) is 4. The van der Waals surface area contributed by atoms with E-state index in [4.69, 9.17) is 18.9 Å². The van der Waals surface area contributed by atoms with Crippen molar-refractivity contribution in [3.05, 3.63) is 71.8 Å². The molecule has 132 valence electrons. The van der Waals surface area contributed by atoms with Crippen LogP contribution in [-0.4, -0.2) is 38.0 Å². The van der Waals surface area contributed by atoms with E-state index in [0.29, 0.717) is 13.2 Å². The van der Waals surface area contributed by atoms with Crippen molar-refractivity contribution >= 4 is 6.29 Å². The molecule has 0 amide bonds. The minimum Gasteiger partial charge on any atom is -0.367 e. The summed E-state index contributed by atoms with van der Waals surface area (Å²) in [6.45, 7) is 0.770. The first-order chi connectivity index (χ1) is 12.3. The SMILES string of the molecule is COC1O[C@H](C=O)[C@@H](OCc2ccccc2)[C@@H]1OCc1ccccc1. The zero-order valence-electron chi connectivity index (χ0n) is 14.1. The molecule has 4 atom stereocenters. The lowest BCUT2D eigenvalue weighted by molar-refractivity contribution is -0.167. The lowest BCUT2D eigenvalue weighted by Gasteiger charge is -2.23. The molecule has 1 fully saturated rings. The van der Waals surface area contributed by atoms with Crippen molar-refractivity contribution in [2.45, 2.75) is 37.8 Å². The zero-order chi connectivity index (χ0) is 17.5. The van der Waals surface area contributed by atoms with E-state index in [1.165, 1.54) is 7.11 Å². The highest BCUT2D eigenvalue weighted by atomic mass is 16.7. The smallest absolute Gasteiger partial charge is 0.187 e. The Morgan fingerprint density at radius 2 is 1.40 bits per heavy atom. The maximum absolute atomic E-state index is 11.4. The van der Waals surface area contributed by atoms with Gasteiger partial charge in [0.1, 0.15) is 18.3 Å². The standard InChI is InChI=1S/C20H22O5/c1-22-20-19(24-14-16-10-6-3-7-11-16)18(17(12-21)25-20)23-13-15-8-4-2-5-9-15/h2-12,17-20H,13-14H2,1H3/t17-,18-,19+,20?/m1/s1. The summed E-state index contributed by atoms with van der Waals surface area (Å²) < 4.78 is 22.9. The fourth-order valence-electron chi connectivity index (χ4n) is 2.85. The van der Waals surface area contributed by atoms with E-state index in [1.54, 1.807) is 0 Å². The molecule has 0 spiro atoms. The summed E-state index contributed by atoms with van der Waals surface area (Å²) in [5.74, 6) is 0. The topological polar surface area (TPSA) is 54.0 Å². The van der Waals surface area contributed by atoms with Crippen LogP contribution in [0.25, 0.3) is 0 Å². The molecule has 0 aromatic heterocycles. The summed E-state index contributed by atoms with van der Waals surface area (Å²) >= 11 is 0. The molecule has 1 saturated heterocycles. The zero-order valence-corrected chi connectivity index (χ0v) is 14.1. The van der Waals surface area contributed by atoms with Gasteiger partial charge in [-0.05, 0) is 11.1 Å². The van der Waals surface area contributed by atoms with Crippen LogP contribution in [0, 0.1) is 0 Å². The Balaban J connectivity index is 1.67. The molecule has 3 rings (SSSR count). The highest BCUT2D eigenvalue weighted by Gasteiger charge is 2.46. The predicted molar refractivity (Wildman–Crippen MR) is 91.8 cm³/mol. The number of carbonyl (C=O) groups is 1. The number of methoxy groups -OCH3 is 1. The van der Waals surface area contributed by atoms with Crippen LogP contribution < -0.4 is 0 Å². The molecule has 5 nitrogen and oxygen atoms in total. The molecule has 25 heavy (non-hydrogen) atoms. The monoisotopic (exact) mass is 342 g/mol. The van der Waals surface area contributed by atoms with Gasteiger partial charge in [-0.15, -0.1) is 0 Å². The van der Waals surface area contributed by atoms with E-state index in [0.717, 1.165) is 17.4 Å². The fourth-order valence-corrected chi connectivity index (χ4v) is 2.85. The molecule has 0 N–H and O–H groups in total. The summed E-state index contributed by atoms with van der Waals surface area (Å²) in [6.07, 6.45) is -1.61. The van der Waals surface area contributed by atoms with E-state index in [2.05, 4.69) is 0 Å². The van der Waals surface area contributed by atoms with Crippen LogP contribution in [0.2, 0.25) is 0 Å². The molecule has 5 heteroatoms. The number of carbonyl (C=O) groups excluding carboxylic acids is 1. The summed E-state index contributed by atoms with van der Waals surface area (Å²) in [5.41, 5.74) is 2.06. The number of aldehydes is 1. The van der Waals surface area contributed by atoms with Crippen LogP contribution >= 0.6 is 0 Å². The summed E-state index contributed by atoms with van der Waals surface area (Å²) in [5, 5.41) is 0. The van der Waals surface area contributed by atoms with Gasteiger partial charge in [0, 0.05) is 7.11 Å². The average Bonchev–Trinajstić information content (AvgIpc) is 3.03. The second kappa shape index (κ2) is 8.87. The Kier molecular flexibility index (Phi) is 6.30. The molecule has 0 saturated carbocycles. The third-order valence-corrected chi connectivity index (χ3v) is 4.14. The number of rotatable bonds is 8. The highest BCUT2D eigenvalue weighted by molar-refractivity contribution is 5.58. The molecule has 0 aliphatic carbocycles. The molecule has 2 aromatic rings. The van der Waals surface area contributed by atoms with Gasteiger partial charge in [0.25, 0.3) is 0 Å². The van der Waals surface area contributed by atoms with Crippen LogP contribution in [-0.2, 0) is 37.0 Å². The third kappa shape index (κ3) is 4.52. The van der Waals surface area contributed by atoms with Gasteiger partial charge in [0.2, 0.25) is 0 Å². The Morgan fingerprint density at radius 1 is 0.880 bits per heavy atom. The van der Waals surface area contributed by atoms with Gasteiger partial charge in [-0.2, -0.15) is 0 Å². The quantitative estimate of drug-likeness (QED) is 0.691. The largest absolute Gasteiger partial charge is 0.367 e. The maximum atomic E-state index is 11.4. The van der Waals surface area contributed by atoms with Gasteiger partial charge in [-0.3, -0.25) is 0 Å². The summed E-state index contributed by atoms with van der Waals surface area (Å²) in [7, 11) is 1.53. The Morgan fingerprint density at radius 3 is 1.88 bits per heavy atom. The highest BCUT2D eigenvalue weighted by Crippen LogP contribution is 2.28. The Bertz CT molecular complexity index is 646. The maximum Gasteiger partial charge on any atom is 0.187 e. The first-order valence-corrected chi connectivity index (χ1v) is 8.26. The van der Waals surface area contributed by atoms with Gasteiger partial charge in [-0.1, -0.05) is 60.7 Å². The minimum atomic E-state index is -0.713. The Labute approximate surface area is 147 Å². The molecular weight excluding hydrogens is 320 g/mol. The normalized spacial score (nSPS) is 25.8. The van der Waals surface area contributed by atoms with Crippen LogP contribution in [0.1, 0.15) is 11.1 Å². The van der Waals surface area contributed by atoms with Crippen molar-refractivity contribution in [2.75, 3.05) is 7.11 Å². The van der Waals surface area contributed by atoms with Crippen molar-refractivity contribution < 1.29 is 23.7 Å². The van der Waals surface area contributed by atoms with Crippen molar-refractivity contribution in [2.24, 2.45) is 0 Å². The first kappa shape index (κ1) is 17.8. The van der Waals surface area contributed by atoms with Crippen molar-refractivity contribution in [1.82, 2.24) is 0 Å². The van der Waals surface area contributed by atoms with Gasteiger partial charge in [-0.25, -0.2) is 0 Å². The summed E-state index contributed by atoms with van der Waals surface area (Å²) in [4.78, 5) is 11.4. The molecule has 2 aromatic carbocycles. The molecule has 1 unspecified atom stereocenters.